The molecule has 5 heteroatoms. The van der Waals surface area contributed by atoms with Crippen molar-refractivity contribution in [3.63, 3.8) is 0 Å². The van der Waals surface area contributed by atoms with Crippen molar-refractivity contribution < 1.29 is 4.79 Å². The number of urea groups is 1. The Labute approximate surface area is 123 Å². The number of carbonyl (C=O) groups is 1. The Balaban J connectivity index is 2.01. The first kappa shape index (κ1) is 14.3. The minimum Gasteiger partial charge on any atom is -0.331 e. The lowest BCUT2D eigenvalue weighted by molar-refractivity contribution is 0.249. The van der Waals surface area contributed by atoms with Gasteiger partial charge in [0.15, 0.2) is 0 Å². The summed E-state index contributed by atoms with van der Waals surface area (Å²) in [6.45, 7) is 3.78. The van der Waals surface area contributed by atoms with Crippen LogP contribution in [0, 0.1) is 6.92 Å². The van der Waals surface area contributed by atoms with Crippen LogP contribution in [0.15, 0.2) is 42.7 Å². The standard InChI is InChI=1S/C15H16ClN3O/c1-10-13(16)4-3-5-14(10)19-15(20)18-11(2)12-6-8-17-9-7-12/h3-9,11H,1-2H3,(H2,18,19,20)/t11-/m0/s1. The summed E-state index contributed by atoms with van der Waals surface area (Å²) in [7, 11) is 0. The number of carbonyl (C=O) groups excluding carboxylic acids is 1. The number of rotatable bonds is 3. The number of nitrogens with one attached hydrogen (secondary N) is 2. The van der Waals surface area contributed by atoms with Gasteiger partial charge in [-0.25, -0.2) is 4.79 Å². The van der Waals surface area contributed by atoms with Crippen LogP contribution in [0.25, 0.3) is 0 Å². The Morgan fingerprint density at radius 2 is 1.95 bits per heavy atom. The van der Waals surface area contributed by atoms with E-state index in [4.69, 9.17) is 11.6 Å². The number of benzene rings is 1. The van der Waals surface area contributed by atoms with Crippen molar-refractivity contribution in [2.75, 3.05) is 5.32 Å². The van der Waals surface area contributed by atoms with E-state index >= 15 is 0 Å². The summed E-state index contributed by atoms with van der Waals surface area (Å²) in [5.74, 6) is 0. The highest BCUT2D eigenvalue weighted by Crippen LogP contribution is 2.23. The van der Waals surface area contributed by atoms with Gasteiger partial charge in [-0.05, 0) is 49.2 Å². The quantitative estimate of drug-likeness (QED) is 0.899. The number of pyridine rings is 1. The molecule has 2 aromatic rings. The molecule has 2 rings (SSSR count). The van der Waals surface area contributed by atoms with E-state index in [2.05, 4.69) is 15.6 Å². The molecular weight excluding hydrogens is 274 g/mol. The summed E-state index contributed by atoms with van der Waals surface area (Å²) in [6.07, 6.45) is 3.40. The fourth-order valence-corrected chi connectivity index (χ4v) is 2.01. The molecule has 0 aliphatic heterocycles. The fourth-order valence-electron chi connectivity index (χ4n) is 1.83. The monoisotopic (exact) mass is 289 g/mol. The molecule has 1 aromatic carbocycles. The van der Waals surface area contributed by atoms with Crippen molar-refractivity contribution in [3.05, 3.63) is 58.9 Å². The number of nitrogens with zero attached hydrogens (tertiary/aromatic N) is 1. The van der Waals surface area contributed by atoms with Crippen LogP contribution in [-0.2, 0) is 0 Å². The van der Waals surface area contributed by atoms with Crippen LogP contribution < -0.4 is 10.6 Å². The number of hydrogen-bond donors (Lipinski definition) is 2. The zero-order valence-corrected chi connectivity index (χ0v) is 12.1. The second kappa shape index (κ2) is 6.39. The maximum absolute atomic E-state index is 12.0. The first-order chi connectivity index (χ1) is 9.58. The molecule has 4 nitrogen and oxygen atoms in total. The van der Waals surface area contributed by atoms with Gasteiger partial charge in [-0.2, -0.15) is 0 Å². The minimum atomic E-state index is -0.264. The number of anilines is 1. The lowest BCUT2D eigenvalue weighted by Crippen LogP contribution is -2.31. The highest BCUT2D eigenvalue weighted by molar-refractivity contribution is 6.31. The molecule has 2 N–H and O–H groups in total. The molecule has 0 spiro atoms. The maximum Gasteiger partial charge on any atom is 0.319 e. The summed E-state index contributed by atoms with van der Waals surface area (Å²) in [4.78, 5) is 15.9. The Hall–Kier alpha value is -2.07. The first-order valence-corrected chi connectivity index (χ1v) is 6.68. The average Bonchev–Trinajstić information content (AvgIpc) is 2.45. The van der Waals surface area contributed by atoms with Gasteiger partial charge in [0.2, 0.25) is 0 Å². The number of aromatic nitrogens is 1. The third kappa shape index (κ3) is 3.48. The molecule has 1 aromatic heterocycles. The van der Waals surface area contributed by atoms with E-state index < -0.39 is 0 Å². The Bertz CT molecular complexity index is 601. The van der Waals surface area contributed by atoms with Crippen LogP contribution in [-0.4, -0.2) is 11.0 Å². The normalized spacial score (nSPS) is 11.8. The molecule has 2 amide bonds. The summed E-state index contributed by atoms with van der Waals surface area (Å²) in [5, 5.41) is 6.30. The van der Waals surface area contributed by atoms with E-state index in [1.54, 1.807) is 24.5 Å². The fraction of sp³-hybridized carbons (Fsp3) is 0.200. The van der Waals surface area contributed by atoms with Crippen LogP contribution in [0.5, 0.6) is 0 Å². The zero-order valence-electron chi connectivity index (χ0n) is 11.4. The third-order valence-electron chi connectivity index (χ3n) is 3.07. The molecule has 0 fully saturated rings. The van der Waals surface area contributed by atoms with E-state index in [-0.39, 0.29) is 12.1 Å². The minimum absolute atomic E-state index is 0.0995. The molecule has 0 aliphatic carbocycles. The summed E-state index contributed by atoms with van der Waals surface area (Å²) in [6, 6.07) is 8.79. The zero-order chi connectivity index (χ0) is 14.5. The predicted molar refractivity (Wildman–Crippen MR) is 81.0 cm³/mol. The van der Waals surface area contributed by atoms with Crippen LogP contribution in [0.1, 0.15) is 24.1 Å². The van der Waals surface area contributed by atoms with Gasteiger partial charge in [0.05, 0.1) is 6.04 Å². The highest BCUT2D eigenvalue weighted by Gasteiger charge is 2.10. The second-order valence-electron chi connectivity index (χ2n) is 4.51. The summed E-state index contributed by atoms with van der Waals surface area (Å²) >= 11 is 6.02. The average molecular weight is 290 g/mol. The molecule has 1 heterocycles. The highest BCUT2D eigenvalue weighted by atomic mass is 35.5. The maximum atomic E-state index is 12.0. The molecule has 0 aliphatic rings. The summed E-state index contributed by atoms with van der Waals surface area (Å²) in [5.41, 5.74) is 2.55. The van der Waals surface area contributed by atoms with E-state index in [1.807, 2.05) is 32.0 Å². The number of amides is 2. The van der Waals surface area contributed by atoms with Crippen molar-refractivity contribution in [1.29, 1.82) is 0 Å². The molecule has 1 atom stereocenters. The second-order valence-corrected chi connectivity index (χ2v) is 4.92. The van der Waals surface area contributed by atoms with E-state index in [0.717, 1.165) is 11.1 Å². The van der Waals surface area contributed by atoms with Gasteiger partial charge in [-0.1, -0.05) is 17.7 Å². The van der Waals surface area contributed by atoms with Crippen molar-refractivity contribution >= 4 is 23.3 Å². The lowest BCUT2D eigenvalue weighted by Gasteiger charge is -2.16. The molecular formula is C15H16ClN3O. The van der Waals surface area contributed by atoms with E-state index in [0.29, 0.717) is 10.7 Å². The van der Waals surface area contributed by atoms with Crippen LogP contribution >= 0.6 is 11.6 Å². The van der Waals surface area contributed by atoms with Gasteiger partial charge >= 0.3 is 6.03 Å². The van der Waals surface area contributed by atoms with Crippen LogP contribution in [0.3, 0.4) is 0 Å². The number of hydrogen-bond acceptors (Lipinski definition) is 2. The van der Waals surface area contributed by atoms with Gasteiger partial charge in [0.1, 0.15) is 0 Å². The Morgan fingerprint density at radius 3 is 2.65 bits per heavy atom. The number of halogens is 1. The predicted octanol–water partition coefficient (Wildman–Crippen LogP) is 3.93. The van der Waals surface area contributed by atoms with Crippen molar-refractivity contribution in [2.45, 2.75) is 19.9 Å². The first-order valence-electron chi connectivity index (χ1n) is 6.30. The van der Waals surface area contributed by atoms with Gasteiger partial charge < -0.3 is 10.6 Å². The molecule has 0 bridgehead atoms. The third-order valence-corrected chi connectivity index (χ3v) is 3.48. The topological polar surface area (TPSA) is 54.0 Å². The smallest absolute Gasteiger partial charge is 0.319 e. The van der Waals surface area contributed by atoms with E-state index in [1.165, 1.54) is 0 Å². The molecule has 0 saturated heterocycles. The van der Waals surface area contributed by atoms with Gasteiger partial charge in [-0.15, -0.1) is 0 Å². The van der Waals surface area contributed by atoms with Crippen LogP contribution in [0.4, 0.5) is 10.5 Å². The van der Waals surface area contributed by atoms with E-state index in [9.17, 15) is 4.79 Å². The molecule has 0 unspecified atom stereocenters. The summed E-state index contributed by atoms with van der Waals surface area (Å²) < 4.78 is 0. The Morgan fingerprint density at radius 1 is 1.25 bits per heavy atom. The molecule has 0 radical (unpaired) electrons. The van der Waals surface area contributed by atoms with Gasteiger partial charge in [0, 0.05) is 23.1 Å². The van der Waals surface area contributed by atoms with Crippen molar-refractivity contribution in [1.82, 2.24) is 10.3 Å². The molecule has 104 valence electrons. The SMILES string of the molecule is Cc1c(Cl)cccc1NC(=O)N[C@@H](C)c1ccncc1. The van der Waals surface area contributed by atoms with Gasteiger partial charge in [0.25, 0.3) is 0 Å². The Kier molecular flexibility index (Phi) is 4.58. The lowest BCUT2D eigenvalue weighted by atomic mass is 10.1. The molecule has 20 heavy (non-hydrogen) atoms. The van der Waals surface area contributed by atoms with Crippen molar-refractivity contribution in [3.8, 4) is 0 Å². The van der Waals surface area contributed by atoms with Crippen molar-refractivity contribution in [2.24, 2.45) is 0 Å². The molecule has 0 saturated carbocycles. The largest absolute Gasteiger partial charge is 0.331 e. The van der Waals surface area contributed by atoms with Crippen LogP contribution in [0.2, 0.25) is 5.02 Å². The van der Waals surface area contributed by atoms with Gasteiger partial charge in [-0.3, -0.25) is 4.98 Å².